The summed E-state index contributed by atoms with van der Waals surface area (Å²) in [4.78, 5) is 23.4. The van der Waals surface area contributed by atoms with Crippen LogP contribution in [0.2, 0.25) is 0 Å². The molecule has 126 valence electrons. The number of hydrogen-bond donors (Lipinski definition) is 1. The molecule has 0 aromatic heterocycles. The molecule has 2 aromatic rings. The average molecular weight is 327 g/mol. The highest BCUT2D eigenvalue weighted by molar-refractivity contribution is 5.93. The molecule has 2 aromatic carbocycles. The van der Waals surface area contributed by atoms with Crippen molar-refractivity contribution in [3.8, 4) is 5.75 Å². The van der Waals surface area contributed by atoms with Crippen LogP contribution in [0, 0.1) is 20.8 Å². The standard InChI is InChI=1S/C19H21NO4/c1-12-9-13(2)18(14(3)10-12)20-17(21)11-24-16-7-5-15(6-8-16)19(22)23-4/h5-10H,11H2,1-4H3,(H,20,21). The van der Waals surface area contributed by atoms with E-state index >= 15 is 0 Å². The Morgan fingerprint density at radius 2 is 1.58 bits per heavy atom. The van der Waals surface area contributed by atoms with E-state index in [1.165, 1.54) is 7.11 Å². The molecule has 0 heterocycles. The van der Waals surface area contributed by atoms with E-state index in [1.807, 2.05) is 32.9 Å². The molecular formula is C19H21NO4. The van der Waals surface area contributed by atoms with E-state index in [0.717, 1.165) is 22.4 Å². The van der Waals surface area contributed by atoms with Gasteiger partial charge in [0.15, 0.2) is 6.61 Å². The van der Waals surface area contributed by atoms with E-state index in [-0.39, 0.29) is 12.5 Å². The maximum Gasteiger partial charge on any atom is 0.337 e. The van der Waals surface area contributed by atoms with Crippen molar-refractivity contribution < 1.29 is 19.1 Å². The van der Waals surface area contributed by atoms with E-state index in [4.69, 9.17) is 4.74 Å². The summed E-state index contributed by atoms with van der Waals surface area (Å²) < 4.78 is 10.1. The molecule has 0 aliphatic carbocycles. The Bertz CT molecular complexity index is 727. The van der Waals surface area contributed by atoms with Crippen molar-refractivity contribution >= 4 is 17.6 Å². The molecule has 0 aliphatic rings. The number of ether oxygens (including phenoxy) is 2. The number of nitrogens with one attached hydrogen (secondary N) is 1. The zero-order chi connectivity index (χ0) is 17.7. The van der Waals surface area contributed by atoms with Gasteiger partial charge in [0.25, 0.3) is 5.91 Å². The fraction of sp³-hybridized carbons (Fsp3) is 0.263. The van der Waals surface area contributed by atoms with E-state index in [2.05, 4.69) is 10.1 Å². The summed E-state index contributed by atoms with van der Waals surface area (Å²) in [6, 6.07) is 10.5. The maximum absolute atomic E-state index is 12.1. The first kappa shape index (κ1) is 17.5. The number of anilines is 1. The van der Waals surface area contributed by atoms with Crippen LogP contribution in [0.3, 0.4) is 0 Å². The maximum atomic E-state index is 12.1. The third kappa shape index (κ3) is 4.35. The largest absolute Gasteiger partial charge is 0.484 e. The van der Waals surface area contributed by atoms with Crippen LogP contribution in [0.25, 0.3) is 0 Å². The van der Waals surface area contributed by atoms with Crippen LogP contribution in [0.1, 0.15) is 27.0 Å². The highest BCUT2D eigenvalue weighted by atomic mass is 16.5. The van der Waals surface area contributed by atoms with Crippen LogP contribution >= 0.6 is 0 Å². The molecule has 5 nitrogen and oxygen atoms in total. The van der Waals surface area contributed by atoms with Crippen molar-refractivity contribution in [3.63, 3.8) is 0 Å². The summed E-state index contributed by atoms with van der Waals surface area (Å²) >= 11 is 0. The van der Waals surface area contributed by atoms with E-state index in [9.17, 15) is 9.59 Å². The molecule has 1 N–H and O–H groups in total. The average Bonchev–Trinajstić information content (AvgIpc) is 2.56. The van der Waals surface area contributed by atoms with Crippen LogP contribution in [-0.4, -0.2) is 25.6 Å². The number of hydrogen-bond acceptors (Lipinski definition) is 4. The van der Waals surface area contributed by atoms with E-state index in [1.54, 1.807) is 24.3 Å². The lowest BCUT2D eigenvalue weighted by Gasteiger charge is -2.13. The molecule has 0 unspecified atom stereocenters. The predicted octanol–water partition coefficient (Wildman–Crippen LogP) is 3.42. The Kier molecular flexibility index (Phi) is 5.58. The summed E-state index contributed by atoms with van der Waals surface area (Å²) in [5.74, 6) is -0.137. The van der Waals surface area contributed by atoms with E-state index in [0.29, 0.717) is 11.3 Å². The quantitative estimate of drug-likeness (QED) is 0.855. The Morgan fingerprint density at radius 1 is 1.00 bits per heavy atom. The molecule has 2 rings (SSSR count). The molecule has 24 heavy (non-hydrogen) atoms. The molecule has 0 spiro atoms. The molecule has 0 fully saturated rings. The van der Waals surface area contributed by atoms with Gasteiger partial charge in [0.1, 0.15) is 5.75 Å². The van der Waals surface area contributed by atoms with Gasteiger partial charge < -0.3 is 14.8 Å². The molecule has 0 saturated heterocycles. The van der Waals surface area contributed by atoms with Gasteiger partial charge >= 0.3 is 5.97 Å². The minimum Gasteiger partial charge on any atom is -0.484 e. The third-order valence-corrected chi connectivity index (χ3v) is 3.59. The van der Waals surface area contributed by atoms with Gasteiger partial charge in [-0.2, -0.15) is 0 Å². The van der Waals surface area contributed by atoms with Gasteiger partial charge in [0, 0.05) is 5.69 Å². The summed E-state index contributed by atoms with van der Waals surface area (Å²) in [6.45, 7) is 5.83. The topological polar surface area (TPSA) is 64.6 Å². The molecular weight excluding hydrogens is 306 g/mol. The number of methoxy groups -OCH3 is 1. The number of amides is 1. The second-order valence-corrected chi connectivity index (χ2v) is 5.63. The smallest absolute Gasteiger partial charge is 0.337 e. The van der Waals surface area contributed by atoms with Crippen LogP contribution in [-0.2, 0) is 9.53 Å². The van der Waals surface area contributed by atoms with Gasteiger partial charge in [0.2, 0.25) is 0 Å². The van der Waals surface area contributed by atoms with E-state index < -0.39 is 5.97 Å². The van der Waals surface area contributed by atoms with Gasteiger partial charge in [-0.25, -0.2) is 4.79 Å². The molecule has 5 heteroatoms. The van der Waals surface area contributed by atoms with Gasteiger partial charge in [-0.1, -0.05) is 17.7 Å². The first-order valence-corrected chi connectivity index (χ1v) is 7.59. The zero-order valence-electron chi connectivity index (χ0n) is 14.3. The monoisotopic (exact) mass is 327 g/mol. The molecule has 0 radical (unpaired) electrons. The van der Waals surface area contributed by atoms with Crippen LogP contribution in [0.5, 0.6) is 5.75 Å². The first-order chi connectivity index (χ1) is 11.4. The van der Waals surface area contributed by atoms with Crippen molar-refractivity contribution in [2.24, 2.45) is 0 Å². The summed E-state index contributed by atoms with van der Waals surface area (Å²) in [6.07, 6.45) is 0. The van der Waals surface area contributed by atoms with Gasteiger partial charge in [-0.15, -0.1) is 0 Å². The lowest BCUT2D eigenvalue weighted by molar-refractivity contribution is -0.118. The minimum absolute atomic E-state index is 0.107. The van der Waals surface area contributed by atoms with Gasteiger partial charge in [-0.05, 0) is 56.2 Å². The highest BCUT2D eigenvalue weighted by Gasteiger charge is 2.10. The highest BCUT2D eigenvalue weighted by Crippen LogP contribution is 2.22. The first-order valence-electron chi connectivity index (χ1n) is 7.59. The second-order valence-electron chi connectivity index (χ2n) is 5.63. The predicted molar refractivity (Wildman–Crippen MR) is 92.6 cm³/mol. The SMILES string of the molecule is COC(=O)c1ccc(OCC(=O)Nc2c(C)cc(C)cc2C)cc1. The normalized spacial score (nSPS) is 10.2. The molecule has 0 aliphatic heterocycles. The molecule has 0 atom stereocenters. The molecule has 1 amide bonds. The zero-order valence-corrected chi connectivity index (χ0v) is 14.3. The Hall–Kier alpha value is -2.82. The number of esters is 1. The third-order valence-electron chi connectivity index (χ3n) is 3.59. The number of carbonyl (C=O) groups excluding carboxylic acids is 2. The second kappa shape index (κ2) is 7.64. The summed E-state index contributed by atoms with van der Waals surface area (Å²) in [7, 11) is 1.33. The van der Waals surface area contributed by atoms with Gasteiger partial charge in [-0.3, -0.25) is 4.79 Å². The fourth-order valence-electron chi connectivity index (χ4n) is 2.51. The molecule has 0 saturated carbocycles. The van der Waals surface area contributed by atoms with Crippen LogP contribution < -0.4 is 10.1 Å². The van der Waals surface area contributed by atoms with Crippen LogP contribution in [0.4, 0.5) is 5.69 Å². The van der Waals surface area contributed by atoms with Crippen molar-refractivity contribution in [2.45, 2.75) is 20.8 Å². The Labute approximate surface area is 141 Å². The van der Waals surface area contributed by atoms with Crippen LogP contribution in [0.15, 0.2) is 36.4 Å². The van der Waals surface area contributed by atoms with Crippen molar-refractivity contribution in [1.82, 2.24) is 0 Å². The number of rotatable bonds is 5. The summed E-state index contributed by atoms with van der Waals surface area (Å²) in [5, 5.41) is 2.88. The Balaban J connectivity index is 1.95. The van der Waals surface area contributed by atoms with Crippen molar-refractivity contribution in [1.29, 1.82) is 0 Å². The lowest BCUT2D eigenvalue weighted by Crippen LogP contribution is -2.21. The van der Waals surface area contributed by atoms with Crippen molar-refractivity contribution in [2.75, 3.05) is 19.0 Å². The number of carbonyl (C=O) groups is 2. The molecule has 0 bridgehead atoms. The fourth-order valence-corrected chi connectivity index (χ4v) is 2.51. The summed E-state index contributed by atoms with van der Waals surface area (Å²) in [5.41, 5.74) is 4.44. The lowest BCUT2D eigenvalue weighted by atomic mass is 10.1. The van der Waals surface area contributed by atoms with Crippen molar-refractivity contribution in [3.05, 3.63) is 58.7 Å². The van der Waals surface area contributed by atoms with Gasteiger partial charge in [0.05, 0.1) is 12.7 Å². The number of aryl methyl sites for hydroxylation is 3. The Morgan fingerprint density at radius 3 is 2.12 bits per heavy atom. The number of benzene rings is 2. The minimum atomic E-state index is -0.412.